The minimum Gasteiger partial charge on any atom is -0.461 e. The van der Waals surface area contributed by atoms with E-state index in [2.05, 4.69) is 20.3 Å². The Hall–Kier alpha value is -1.63. The lowest BCUT2D eigenvalue weighted by Crippen LogP contribution is -2.33. The van der Waals surface area contributed by atoms with Crippen LogP contribution in [0.5, 0.6) is 6.01 Å². The zero-order valence-corrected chi connectivity index (χ0v) is 11.6. The predicted molar refractivity (Wildman–Crippen MR) is 72.6 cm³/mol. The quantitative estimate of drug-likeness (QED) is 0.810. The summed E-state index contributed by atoms with van der Waals surface area (Å²) in [7, 11) is 1.76. The SMILES string of the molecule is CNc1nc(OC(C)C)nc(N2CCCC2CO)n1. The third-order valence-electron chi connectivity index (χ3n) is 3.01. The van der Waals surface area contributed by atoms with Crippen LogP contribution in [-0.2, 0) is 0 Å². The van der Waals surface area contributed by atoms with Crippen molar-refractivity contribution in [3.05, 3.63) is 0 Å². The molecule has 1 aromatic rings. The highest BCUT2D eigenvalue weighted by Crippen LogP contribution is 2.24. The van der Waals surface area contributed by atoms with E-state index in [9.17, 15) is 5.11 Å². The maximum absolute atomic E-state index is 9.38. The number of hydrogen-bond donors (Lipinski definition) is 2. The zero-order valence-electron chi connectivity index (χ0n) is 11.6. The highest BCUT2D eigenvalue weighted by Gasteiger charge is 2.27. The Morgan fingerprint density at radius 3 is 2.84 bits per heavy atom. The molecule has 0 saturated carbocycles. The van der Waals surface area contributed by atoms with E-state index in [-0.39, 0.29) is 18.8 Å². The Labute approximate surface area is 113 Å². The van der Waals surface area contributed by atoms with Gasteiger partial charge in [0.25, 0.3) is 0 Å². The normalized spacial score (nSPS) is 19.0. The standard InChI is InChI=1S/C12H21N5O2/c1-8(2)19-12-15-10(13-3)14-11(16-12)17-6-4-5-9(17)7-18/h8-9,18H,4-7H2,1-3H3,(H,13,14,15,16). The molecule has 2 rings (SSSR count). The van der Waals surface area contributed by atoms with Crippen LogP contribution in [0.15, 0.2) is 0 Å². The van der Waals surface area contributed by atoms with E-state index in [1.54, 1.807) is 7.05 Å². The first kappa shape index (κ1) is 13.8. The average molecular weight is 267 g/mol. The third-order valence-corrected chi connectivity index (χ3v) is 3.01. The number of nitrogens with zero attached hydrogens (tertiary/aromatic N) is 4. The van der Waals surface area contributed by atoms with Crippen LogP contribution in [0.1, 0.15) is 26.7 Å². The largest absolute Gasteiger partial charge is 0.461 e. The molecule has 0 radical (unpaired) electrons. The maximum atomic E-state index is 9.38. The van der Waals surface area contributed by atoms with Crippen LogP contribution in [0.2, 0.25) is 0 Å². The van der Waals surface area contributed by atoms with Gasteiger partial charge in [0, 0.05) is 13.6 Å². The van der Waals surface area contributed by atoms with E-state index in [0.29, 0.717) is 17.9 Å². The Balaban J connectivity index is 2.28. The van der Waals surface area contributed by atoms with Gasteiger partial charge < -0.3 is 20.1 Å². The van der Waals surface area contributed by atoms with Gasteiger partial charge in [-0.25, -0.2) is 0 Å². The molecule has 1 aromatic heterocycles. The summed E-state index contributed by atoms with van der Waals surface area (Å²) in [4.78, 5) is 14.9. The molecule has 0 bridgehead atoms. The molecule has 1 fully saturated rings. The van der Waals surface area contributed by atoms with Gasteiger partial charge in [0.1, 0.15) is 0 Å². The first-order chi connectivity index (χ1) is 9.13. The van der Waals surface area contributed by atoms with Crippen molar-refractivity contribution in [2.75, 3.05) is 30.4 Å². The van der Waals surface area contributed by atoms with Crippen molar-refractivity contribution < 1.29 is 9.84 Å². The molecule has 2 N–H and O–H groups in total. The minimum atomic E-state index is 0.00664. The van der Waals surface area contributed by atoms with Gasteiger partial charge in [-0.2, -0.15) is 15.0 Å². The van der Waals surface area contributed by atoms with Gasteiger partial charge in [0.15, 0.2) is 0 Å². The molecule has 1 atom stereocenters. The Bertz CT molecular complexity index is 427. The van der Waals surface area contributed by atoms with Crippen LogP contribution in [0.4, 0.5) is 11.9 Å². The monoisotopic (exact) mass is 267 g/mol. The fourth-order valence-electron chi connectivity index (χ4n) is 2.14. The molecule has 7 nitrogen and oxygen atoms in total. The molecular weight excluding hydrogens is 246 g/mol. The van der Waals surface area contributed by atoms with E-state index in [1.165, 1.54) is 0 Å². The fraction of sp³-hybridized carbons (Fsp3) is 0.750. The molecular formula is C12H21N5O2. The molecule has 2 heterocycles. The van der Waals surface area contributed by atoms with Crippen LogP contribution >= 0.6 is 0 Å². The summed E-state index contributed by atoms with van der Waals surface area (Å²) in [6, 6.07) is 0.395. The fourth-order valence-corrected chi connectivity index (χ4v) is 2.14. The van der Waals surface area contributed by atoms with Gasteiger partial charge in [-0.05, 0) is 26.7 Å². The highest BCUT2D eigenvalue weighted by atomic mass is 16.5. The molecule has 0 amide bonds. The van der Waals surface area contributed by atoms with Crippen molar-refractivity contribution in [2.24, 2.45) is 0 Å². The summed E-state index contributed by atoms with van der Waals surface area (Å²) in [5, 5.41) is 12.3. The van der Waals surface area contributed by atoms with Gasteiger partial charge in [0.2, 0.25) is 11.9 Å². The average Bonchev–Trinajstić information content (AvgIpc) is 2.85. The summed E-state index contributed by atoms with van der Waals surface area (Å²) in [6.45, 7) is 4.81. The topological polar surface area (TPSA) is 83.4 Å². The second-order valence-electron chi connectivity index (χ2n) is 4.83. The molecule has 1 aliphatic heterocycles. The number of nitrogens with one attached hydrogen (secondary N) is 1. The van der Waals surface area contributed by atoms with Gasteiger partial charge in [0.05, 0.1) is 18.8 Å². The van der Waals surface area contributed by atoms with Crippen LogP contribution in [0.3, 0.4) is 0 Å². The van der Waals surface area contributed by atoms with E-state index in [1.807, 2.05) is 18.7 Å². The summed E-state index contributed by atoms with van der Waals surface area (Å²) in [5.41, 5.74) is 0. The van der Waals surface area contributed by atoms with Crippen molar-refractivity contribution in [2.45, 2.75) is 38.8 Å². The molecule has 19 heavy (non-hydrogen) atoms. The Kier molecular flexibility index (Phi) is 4.36. The lowest BCUT2D eigenvalue weighted by molar-refractivity contribution is 0.221. The predicted octanol–water partition coefficient (Wildman–Crippen LogP) is 0.662. The first-order valence-electron chi connectivity index (χ1n) is 6.62. The van der Waals surface area contributed by atoms with Gasteiger partial charge >= 0.3 is 6.01 Å². The minimum absolute atomic E-state index is 0.00664. The van der Waals surface area contributed by atoms with Crippen molar-refractivity contribution >= 4 is 11.9 Å². The van der Waals surface area contributed by atoms with Crippen molar-refractivity contribution in [3.63, 3.8) is 0 Å². The van der Waals surface area contributed by atoms with Crippen LogP contribution in [0, 0.1) is 0 Å². The maximum Gasteiger partial charge on any atom is 0.323 e. The van der Waals surface area contributed by atoms with E-state index >= 15 is 0 Å². The molecule has 1 unspecified atom stereocenters. The van der Waals surface area contributed by atoms with Gasteiger partial charge in [-0.15, -0.1) is 0 Å². The number of aliphatic hydroxyl groups excluding tert-OH is 1. The Morgan fingerprint density at radius 1 is 1.42 bits per heavy atom. The third kappa shape index (κ3) is 3.23. The lowest BCUT2D eigenvalue weighted by Gasteiger charge is -2.23. The number of rotatable bonds is 5. The van der Waals surface area contributed by atoms with Gasteiger partial charge in [-0.3, -0.25) is 0 Å². The van der Waals surface area contributed by atoms with Crippen LogP contribution in [-0.4, -0.2) is 52.4 Å². The number of anilines is 2. The molecule has 0 aromatic carbocycles. The number of aliphatic hydroxyl groups is 1. The first-order valence-corrected chi connectivity index (χ1v) is 6.62. The van der Waals surface area contributed by atoms with Crippen molar-refractivity contribution in [1.82, 2.24) is 15.0 Å². The molecule has 7 heteroatoms. The smallest absolute Gasteiger partial charge is 0.323 e. The second kappa shape index (κ2) is 6.01. The molecule has 106 valence electrons. The van der Waals surface area contributed by atoms with Crippen molar-refractivity contribution in [3.8, 4) is 6.01 Å². The summed E-state index contributed by atoms with van der Waals surface area (Å²) < 4.78 is 5.53. The highest BCUT2D eigenvalue weighted by molar-refractivity contribution is 5.40. The summed E-state index contributed by atoms with van der Waals surface area (Å²) in [5.74, 6) is 1.04. The van der Waals surface area contributed by atoms with E-state index < -0.39 is 0 Å². The zero-order chi connectivity index (χ0) is 13.8. The van der Waals surface area contributed by atoms with E-state index in [0.717, 1.165) is 19.4 Å². The number of ether oxygens (including phenoxy) is 1. The van der Waals surface area contributed by atoms with E-state index in [4.69, 9.17) is 4.74 Å². The summed E-state index contributed by atoms with van der Waals surface area (Å²) in [6.07, 6.45) is 2.00. The van der Waals surface area contributed by atoms with Crippen LogP contribution < -0.4 is 15.0 Å². The van der Waals surface area contributed by atoms with Gasteiger partial charge in [-0.1, -0.05) is 0 Å². The second-order valence-corrected chi connectivity index (χ2v) is 4.83. The molecule has 0 aliphatic carbocycles. The number of aromatic nitrogens is 3. The molecule has 1 saturated heterocycles. The lowest BCUT2D eigenvalue weighted by atomic mass is 10.2. The molecule has 1 aliphatic rings. The van der Waals surface area contributed by atoms with Crippen LogP contribution in [0.25, 0.3) is 0 Å². The number of hydrogen-bond acceptors (Lipinski definition) is 7. The molecule has 0 spiro atoms. The summed E-state index contributed by atoms with van der Waals surface area (Å²) >= 11 is 0. The van der Waals surface area contributed by atoms with Crippen molar-refractivity contribution in [1.29, 1.82) is 0 Å². The Morgan fingerprint density at radius 2 is 2.21 bits per heavy atom.